The van der Waals surface area contributed by atoms with Crippen molar-refractivity contribution < 1.29 is 9.47 Å². The van der Waals surface area contributed by atoms with Crippen LogP contribution in [0.15, 0.2) is 6.08 Å². The second kappa shape index (κ2) is 3.37. The molecule has 2 aliphatic rings. The Labute approximate surface area is 67.2 Å². The van der Waals surface area contributed by atoms with Crippen LogP contribution in [0.4, 0.5) is 0 Å². The quantitative estimate of drug-likeness (QED) is 0.564. The van der Waals surface area contributed by atoms with Crippen molar-refractivity contribution >= 4 is 0 Å². The first-order valence-corrected chi connectivity index (χ1v) is 4.11. The molecule has 0 aromatic rings. The lowest BCUT2D eigenvalue weighted by Crippen LogP contribution is -2.24. The molecule has 2 unspecified atom stereocenters. The molecule has 2 aliphatic heterocycles. The van der Waals surface area contributed by atoms with Gasteiger partial charge >= 0.3 is 0 Å². The van der Waals surface area contributed by atoms with Gasteiger partial charge in [-0.1, -0.05) is 6.08 Å². The van der Waals surface area contributed by atoms with Crippen LogP contribution in [0.2, 0.25) is 0 Å². The van der Waals surface area contributed by atoms with Gasteiger partial charge in [0.15, 0.2) is 0 Å². The van der Waals surface area contributed by atoms with Crippen molar-refractivity contribution in [3.8, 4) is 0 Å². The molecular formula is C9H12O2. The average Bonchev–Trinajstić information content (AvgIpc) is 2.58. The fourth-order valence-electron chi connectivity index (χ4n) is 1.50. The lowest BCUT2D eigenvalue weighted by atomic mass is 9.96. The van der Waals surface area contributed by atoms with Crippen LogP contribution >= 0.6 is 0 Å². The van der Waals surface area contributed by atoms with Crippen molar-refractivity contribution in [2.24, 2.45) is 5.92 Å². The first-order chi connectivity index (χ1) is 5.47. The van der Waals surface area contributed by atoms with Crippen LogP contribution in [0, 0.1) is 18.6 Å². The molecule has 0 amide bonds. The maximum Gasteiger partial charge on any atom is 0.0896 e. The summed E-state index contributed by atoms with van der Waals surface area (Å²) in [6, 6.07) is 0. The van der Waals surface area contributed by atoms with Gasteiger partial charge in [0.1, 0.15) is 0 Å². The Bertz CT molecular complexity index is 148. The summed E-state index contributed by atoms with van der Waals surface area (Å²) in [6.45, 7) is 3.49. The van der Waals surface area contributed by atoms with Crippen LogP contribution in [0.1, 0.15) is 12.8 Å². The highest BCUT2D eigenvalue weighted by Crippen LogP contribution is 2.25. The van der Waals surface area contributed by atoms with Gasteiger partial charge < -0.3 is 9.47 Å². The van der Waals surface area contributed by atoms with E-state index in [1.54, 1.807) is 0 Å². The van der Waals surface area contributed by atoms with Gasteiger partial charge in [-0.3, -0.25) is 0 Å². The van der Waals surface area contributed by atoms with Gasteiger partial charge in [-0.2, -0.15) is 0 Å². The lowest BCUT2D eigenvalue weighted by molar-refractivity contribution is 0.0249. The van der Waals surface area contributed by atoms with Gasteiger partial charge in [0.25, 0.3) is 0 Å². The fourth-order valence-corrected chi connectivity index (χ4v) is 1.50. The predicted octanol–water partition coefficient (Wildman–Crippen LogP) is 1.33. The lowest BCUT2D eigenvalue weighted by Gasteiger charge is -2.24. The summed E-state index contributed by atoms with van der Waals surface area (Å²) < 4.78 is 10.7. The van der Waals surface area contributed by atoms with E-state index in [4.69, 9.17) is 9.47 Å². The number of hydrogen-bond donors (Lipinski definition) is 0. The first-order valence-electron chi connectivity index (χ1n) is 4.11. The summed E-state index contributed by atoms with van der Waals surface area (Å²) >= 11 is 0. The molecule has 11 heavy (non-hydrogen) atoms. The van der Waals surface area contributed by atoms with Crippen molar-refractivity contribution in [2.45, 2.75) is 18.9 Å². The van der Waals surface area contributed by atoms with E-state index in [0.29, 0.717) is 5.92 Å². The van der Waals surface area contributed by atoms with E-state index in [0.717, 1.165) is 19.6 Å². The summed E-state index contributed by atoms with van der Waals surface area (Å²) in [7, 11) is 0. The van der Waals surface area contributed by atoms with Crippen molar-refractivity contribution in [3.05, 3.63) is 18.8 Å². The maximum atomic E-state index is 5.41. The highest BCUT2D eigenvalue weighted by atomic mass is 16.5. The van der Waals surface area contributed by atoms with Crippen LogP contribution in [-0.2, 0) is 9.47 Å². The van der Waals surface area contributed by atoms with Gasteiger partial charge in [-0.15, -0.1) is 0 Å². The molecular weight excluding hydrogens is 140 g/mol. The summed E-state index contributed by atoms with van der Waals surface area (Å²) in [5, 5.41) is 0. The van der Waals surface area contributed by atoms with Gasteiger partial charge in [0.05, 0.1) is 19.3 Å². The van der Waals surface area contributed by atoms with Crippen molar-refractivity contribution in [1.82, 2.24) is 0 Å². The molecule has 2 atom stereocenters. The summed E-state index contributed by atoms with van der Waals surface area (Å²) in [6.07, 6.45) is 7.60. The molecule has 0 aliphatic carbocycles. The van der Waals surface area contributed by atoms with E-state index in [1.165, 1.54) is 6.42 Å². The Hall–Kier alpha value is -0.340. The summed E-state index contributed by atoms with van der Waals surface area (Å²) in [5.41, 5.74) is 0. The maximum absolute atomic E-state index is 5.41. The van der Waals surface area contributed by atoms with Crippen LogP contribution in [0.3, 0.4) is 0 Å². The minimum atomic E-state index is 0.162. The third-order valence-corrected chi connectivity index (χ3v) is 2.10. The zero-order valence-corrected chi connectivity index (χ0v) is 6.45. The third kappa shape index (κ3) is 1.63. The number of ether oxygens (including phenoxy) is 2. The van der Waals surface area contributed by atoms with Gasteiger partial charge in [0, 0.05) is 12.5 Å². The Kier molecular flexibility index (Phi) is 2.24. The Balaban J connectivity index is 1.87. The molecule has 2 rings (SSSR count). The zero-order chi connectivity index (χ0) is 7.52. The highest BCUT2D eigenvalue weighted by molar-refractivity contribution is 4.94. The molecule has 0 bridgehead atoms. The van der Waals surface area contributed by atoms with Gasteiger partial charge in [0.2, 0.25) is 0 Å². The Morgan fingerprint density at radius 1 is 1.45 bits per heavy atom. The van der Waals surface area contributed by atoms with Gasteiger partial charge in [-0.25, -0.2) is 0 Å². The molecule has 0 aromatic carbocycles. The van der Waals surface area contributed by atoms with Crippen LogP contribution in [0.5, 0.6) is 0 Å². The van der Waals surface area contributed by atoms with E-state index in [9.17, 15) is 0 Å². The van der Waals surface area contributed by atoms with Crippen LogP contribution in [-0.4, -0.2) is 19.3 Å². The Morgan fingerprint density at radius 3 is 3.09 bits per heavy atom. The summed E-state index contributed by atoms with van der Waals surface area (Å²) in [5.74, 6) is 0.433. The van der Waals surface area contributed by atoms with Crippen LogP contribution in [0.25, 0.3) is 0 Å². The molecule has 60 valence electrons. The molecule has 1 fully saturated rings. The van der Waals surface area contributed by atoms with Crippen molar-refractivity contribution in [1.29, 1.82) is 0 Å². The minimum absolute atomic E-state index is 0.162. The molecule has 0 N–H and O–H groups in total. The smallest absolute Gasteiger partial charge is 0.0896 e. The van der Waals surface area contributed by atoms with E-state index >= 15 is 0 Å². The highest BCUT2D eigenvalue weighted by Gasteiger charge is 2.25. The largest absolute Gasteiger partial charge is 0.375 e. The standard InChI is InChI=1S/C9H12O2/c1-3-8(7-10-5-1)9-4-2-6-11-9/h2,7-9H,1,3,5-6H2. The molecule has 1 saturated heterocycles. The molecule has 2 nitrogen and oxygen atoms in total. The van der Waals surface area contributed by atoms with E-state index in [2.05, 4.69) is 6.08 Å². The second-order valence-corrected chi connectivity index (χ2v) is 2.94. The fraction of sp³-hybridized carbons (Fsp3) is 0.667. The van der Waals surface area contributed by atoms with E-state index in [-0.39, 0.29) is 6.10 Å². The number of hydrogen-bond acceptors (Lipinski definition) is 2. The topological polar surface area (TPSA) is 18.5 Å². The van der Waals surface area contributed by atoms with Gasteiger partial charge in [-0.05, 0) is 18.9 Å². The van der Waals surface area contributed by atoms with Crippen molar-refractivity contribution in [2.75, 3.05) is 13.2 Å². The average molecular weight is 152 g/mol. The van der Waals surface area contributed by atoms with E-state index in [1.807, 2.05) is 12.7 Å². The molecule has 0 saturated carbocycles. The predicted molar refractivity (Wildman–Crippen MR) is 40.5 cm³/mol. The first kappa shape index (κ1) is 7.32. The molecule has 2 heteroatoms. The third-order valence-electron chi connectivity index (χ3n) is 2.10. The zero-order valence-electron chi connectivity index (χ0n) is 6.45. The molecule has 2 radical (unpaired) electrons. The van der Waals surface area contributed by atoms with E-state index < -0.39 is 0 Å². The molecule has 0 aromatic heterocycles. The van der Waals surface area contributed by atoms with Crippen molar-refractivity contribution in [3.63, 3.8) is 0 Å². The minimum Gasteiger partial charge on any atom is -0.375 e. The normalized spacial score (nSPS) is 37.8. The summed E-state index contributed by atoms with van der Waals surface area (Å²) in [4.78, 5) is 0. The number of rotatable bonds is 1. The van der Waals surface area contributed by atoms with Crippen LogP contribution < -0.4 is 0 Å². The molecule has 2 heterocycles. The second-order valence-electron chi connectivity index (χ2n) is 2.94. The SMILES string of the molecule is [C]1=CCOC1C1[CH]OCCC1. The Morgan fingerprint density at radius 2 is 2.45 bits per heavy atom. The monoisotopic (exact) mass is 152 g/mol. The molecule has 0 spiro atoms.